The maximum atomic E-state index is 5.75. The maximum absolute atomic E-state index is 5.75. The normalized spacial score (nSPS) is 12.2. The summed E-state index contributed by atoms with van der Waals surface area (Å²) in [6.07, 6.45) is 3.13. The molecule has 0 aliphatic heterocycles. The summed E-state index contributed by atoms with van der Waals surface area (Å²) in [4.78, 5) is 0. The smallest absolute Gasteiger partial charge is 0.0776 e. The van der Waals surface area contributed by atoms with E-state index in [4.69, 9.17) is 4.74 Å². The van der Waals surface area contributed by atoms with Gasteiger partial charge in [-0.3, -0.25) is 0 Å². The molecule has 0 fully saturated rings. The second-order valence-corrected chi connectivity index (χ2v) is 5.97. The molecule has 0 aliphatic rings. The summed E-state index contributed by atoms with van der Waals surface area (Å²) in [5, 5.41) is 0. The van der Waals surface area contributed by atoms with E-state index in [2.05, 4.69) is 50.9 Å². The highest BCUT2D eigenvalue weighted by Crippen LogP contribution is 2.17. The molecule has 1 atom stereocenters. The Morgan fingerprint density at radius 3 is 2.53 bits per heavy atom. The van der Waals surface area contributed by atoms with E-state index in [-0.39, 0.29) is 6.10 Å². The van der Waals surface area contributed by atoms with Gasteiger partial charge in [-0.2, -0.15) is 0 Å². The van der Waals surface area contributed by atoms with E-state index in [1.165, 1.54) is 5.56 Å². The van der Waals surface area contributed by atoms with Gasteiger partial charge in [0.15, 0.2) is 0 Å². The molecule has 0 unspecified atom stereocenters. The number of rotatable bonds is 5. The van der Waals surface area contributed by atoms with Gasteiger partial charge in [-0.25, -0.2) is 0 Å². The first-order valence-corrected chi connectivity index (χ1v) is 6.49. The van der Waals surface area contributed by atoms with Crippen LogP contribution in [0.15, 0.2) is 39.8 Å². The van der Waals surface area contributed by atoms with Crippen molar-refractivity contribution >= 4 is 31.9 Å². The van der Waals surface area contributed by atoms with Crippen LogP contribution in [0.5, 0.6) is 0 Å². The second kappa shape index (κ2) is 7.20. The minimum absolute atomic E-state index is 0.152. The maximum Gasteiger partial charge on any atom is 0.0776 e. The Balaban J connectivity index is 2.45. The second-order valence-electron chi connectivity index (χ2n) is 3.20. The molecule has 0 aromatic heterocycles. The van der Waals surface area contributed by atoms with E-state index in [1.54, 1.807) is 0 Å². The van der Waals surface area contributed by atoms with Crippen molar-refractivity contribution in [3.63, 3.8) is 0 Å². The quantitative estimate of drug-likeness (QED) is 0.764. The predicted octanol–water partition coefficient (Wildman–Crippen LogP) is 4.61. The van der Waals surface area contributed by atoms with Crippen molar-refractivity contribution in [1.82, 2.24) is 0 Å². The van der Waals surface area contributed by atoms with E-state index in [1.807, 2.05) is 24.3 Å². The number of halogens is 2. The lowest BCUT2D eigenvalue weighted by atomic mass is 10.2. The van der Waals surface area contributed by atoms with E-state index in [0.29, 0.717) is 6.61 Å². The van der Waals surface area contributed by atoms with Crippen LogP contribution in [0, 0.1) is 0 Å². The van der Waals surface area contributed by atoms with Crippen LogP contribution in [-0.4, -0.2) is 6.10 Å². The molecule has 1 aromatic carbocycles. The molecule has 0 heterocycles. The van der Waals surface area contributed by atoms with Crippen molar-refractivity contribution in [2.24, 2.45) is 0 Å². The summed E-state index contributed by atoms with van der Waals surface area (Å²) in [5.74, 6) is 0. The van der Waals surface area contributed by atoms with Crippen molar-refractivity contribution in [2.45, 2.75) is 26.1 Å². The van der Waals surface area contributed by atoms with Crippen LogP contribution in [0.3, 0.4) is 0 Å². The summed E-state index contributed by atoms with van der Waals surface area (Å²) in [7, 11) is 0. The Morgan fingerprint density at radius 1 is 1.33 bits per heavy atom. The largest absolute Gasteiger partial charge is 0.369 e. The average Bonchev–Trinajstić information content (AvgIpc) is 2.25. The molecule has 82 valence electrons. The third kappa shape index (κ3) is 5.50. The summed E-state index contributed by atoms with van der Waals surface area (Å²) in [6.45, 7) is 2.76. The van der Waals surface area contributed by atoms with Crippen molar-refractivity contribution in [1.29, 1.82) is 0 Å². The molecule has 0 amide bonds. The van der Waals surface area contributed by atoms with Crippen molar-refractivity contribution in [2.75, 3.05) is 0 Å². The van der Waals surface area contributed by atoms with Gasteiger partial charge in [0.05, 0.1) is 16.1 Å². The van der Waals surface area contributed by atoms with Crippen LogP contribution >= 0.6 is 31.9 Å². The first-order chi connectivity index (χ1) is 7.22. The minimum Gasteiger partial charge on any atom is -0.369 e. The number of hydrogen-bond donors (Lipinski definition) is 0. The van der Waals surface area contributed by atoms with E-state index >= 15 is 0 Å². The van der Waals surface area contributed by atoms with E-state index < -0.39 is 0 Å². The van der Waals surface area contributed by atoms with Gasteiger partial charge in [0.1, 0.15) is 0 Å². The van der Waals surface area contributed by atoms with Gasteiger partial charge in [0.2, 0.25) is 0 Å². The van der Waals surface area contributed by atoms with Crippen molar-refractivity contribution < 1.29 is 4.74 Å². The van der Waals surface area contributed by atoms with Gasteiger partial charge >= 0.3 is 0 Å². The first kappa shape index (κ1) is 12.9. The molecular weight excluding hydrogens is 320 g/mol. The molecule has 1 nitrogen and oxygen atoms in total. The van der Waals surface area contributed by atoms with Crippen molar-refractivity contribution in [3.05, 3.63) is 45.4 Å². The number of ether oxygens (including phenoxy) is 1. The van der Waals surface area contributed by atoms with Gasteiger partial charge in [-0.05, 0) is 49.9 Å². The highest BCUT2D eigenvalue weighted by atomic mass is 79.9. The zero-order valence-electron chi connectivity index (χ0n) is 8.62. The van der Waals surface area contributed by atoms with E-state index in [9.17, 15) is 0 Å². The third-order valence-electron chi connectivity index (χ3n) is 2.02. The highest BCUT2D eigenvalue weighted by molar-refractivity contribution is 9.28. The minimum atomic E-state index is 0.152. The molecule has 0 spiro atoms. The monoisotopic (exact) mass is 332 g/mol. The van der Waals surface area contributed by atoms with Crippen LogP contribution in [0.2, 0.25) is 0 Å². The summed E-state index contributed by atoms with van der Waals surface area (Å²) < 4.78 is 6.69. The van der Waals surface area contributed by atoms with E-state index in [0.717, 1.165) is 9.81 Å². The zero-order chi connectivity index (χ0) is 11.1. The summed E-state index contributed by atoms with van der Waals surface area (Å²) in [6, 6.07) is 10.2. The average molecular weight is 334 g/mol. The zero-order valence-corrected chi connectivity index (χ0v) is 11.8. The Bertz CT molecular complexity index is 305. The predicted molar refractivity (Wildman–Crippen MR) is 71.2 cm³/mol. The van der Waals surface area contributed by atoms with Crippen LogP contribution in [0.25, 0.3) is 0 Å². The molecule has 1 aromatic rings. The SMILES string of the molecule is CC[C@@H](C=C(Br)Br)OCc1ccccc1. The molecule has 1 rings (SSSR count). The fourth-order valence-corrected chi connectivity index (χ4v) is 1.79. The van der Waals surface area contributed by atoms with Crippen LogP contribution in [0.1, 0.15) is 18.9 Å². The van der Waals surface area contributed by atoms with Gasteiger partial charge in [-0.15, -0.1) is 0 Å². The lowest BCUT2D eigenvalue weighted by Gasteiger charge is -2.12. The first-order valence-electron chi connectivity index (χ1n) is 4.90. The van der Waals surface area contributed by atoms with Crippen molar-refractivity contribution in [3.8, 4) is 0 Å². The fourth-order valence-electron chi connectivity index (χ4n) is 1.20. The molecule has 0 saturated carbocycles. The molecule has 0 radical (unpaired) electrons. The fraction of sp³-hybridized carbons (Fsp3) is 0.333. The van der Waals surface area contributed by atoms with Gasteiger partial charge in [-0.1, -0.05) is 37.3 Å². The Labute approximate surface area is 108 Å². The molecular formula is C12H14Br2O. The molecule has 15 heavy (non-hydrogen) atoms. The Morgan fingerprint density at radius 2 is 2.00 bits per heavy atom. The van der Waals surface area contributed by atoms with Gasteiger partial charge in [0, 0.05) is 0 Å². The topological polar surface area (TPSA) is 9.23 Å². The molecule has 3 heteroatoms. The summed E-state index contributed by atoms with van der Waals surface area (Å²) >= 11 is 6.68. The molecule has 0 N–H and O–H groups in total. The molecule has 0 bridgehead atoms. The highest BCUT2D eigenvalue weighted by Gasteiger charge is 2.03. The van der Waals surface area contributed by atoms with Crippen LogP contribution in [-0.2, 0) is 11.3 Å². The lowest BCUT2D eigenvalue weighted by Crippen LogP contribution is -2.08. The number of hydrogen-bond acceptors (Lipinski definition) is 1. The number of benzene rings is 1. The Kier molecular flexibility index (Phi) is 6.22. The third-order valence-corrected chi connectivity index (χ3v) is 2.55. The summed E-state index contributed by atoms with van der Waals surface area (Å²) in [5.41, 5.74) is 1.20. The molecule has 0 saturated heterocycles. The van der Waals surface area contributed by atoms with Crippen LogP contribution in [0.4, 0.5) is 0 Å². The lowest BCUT2D eigenvalue weighted by molar-refractivity contribution is 0.0698. The van der Waals surface area contributed by atoms with Crippen LogP contribution < -0.4 is 0 Å². The standard InChI is InChI=1S/C12H14Br2O/c1-2-11(8-12(13)14)15-9-10-6-4-3-5-7-10/h3-8,11H,2,9H2,1H3/t11-/m0/s1. The molecule has 0 aliphatic carbocycles. The van der Waals surface area contributed by atoms with Gasteiger partial charge in [0.25, 0.3) is 0 Å². The Hall–Kier alpha value is -0.120. The van der Waals surface area contributed by atoms with Gasteiger partial charge < -0.3 is 4.74 Å².